The van der Waals surface area contributed by atoms with E-state index in [2.05, 4.69) is 20.3 Å². The van der Waals surface area contributed by atoms with Gasteiger partial charge >= 0.3 is 5.95 Å². The SMILES string of the molecule is O=[N+]([O-])c1nc(NCc2ccccc2)c2ncn([C@@H]3O[C@H](CO)[C@@H](O)[C@H]3O)c2n1. The molecule has 0 bridgehead atoms. The summed E-state index contributed by atoms with van der Waals surface area (Å²) in [5.74, 6) is -0.502. The molecule has 152 valence electrons. The number of nitrogens with zero attached hydrogens (tertiary/aromatic N) is 5. The van der Waals surface area contributed by atoms with E-state index in [4.69, 9.17) is 4.74 Å². The molecule has 0 radical (unpaired) electrons. The Hall–Kier alpha value is -3.19. The molecule has 0 spiro atoms. The highest BCUT2D eigenvalue weighted by atomic mass is 16.6. The Morgan fingerprint density at radius 3 is 2.62 bits per heavy atom. The molecule has 1 aliphatic rings. The maximum absolute atomic E-state index is 11.3. The molecule has 0 aliphatic carbocycles. The van der Waals surface area contributed by atoms with Gasteiger partial charge in [-0.2, -0.15) is 0 Å². The molecular weight excluding hydrogens is 384 g/mol. The second-order valence-corrected chi connectivity index (χ2v) is 6.52. The summed E-state index contributed by atoms with van der Waals surface area (Å²) in [7, 11) is 0. The summed E-state index contributed by atoms with van der Waals surface area (Å²) >= 11 is 0. The van der Waals surface area contributed by atoms with Crippen molar-refractivity contribution in [2.24, 2.45) is 0 Å². The highest BCUT2D eigenvalue weighted by molar-refractivity contribution is 5.83. The Labute approximate surface area is 163 Å². The van der Waals surface area contributed by atoms with Crippen molar-refractivity contribution in [2.75, 3.05) is 11.9 Å². The number of fused-ring (bicyclic) bond motifs is 1. The number of nitro groups is 1. The van der Waals surface area contributed by atoms with Crippen LogP contribution in [0.5, 0.6) is 0 Å². The Bertz CT molecular complexity index is 1030. The summed E-state index contributed by atoms with van der Waals surface area (Å²) in [6, 6.07) is 9.38. The molecule has 0 saturated carbocycles. The lowest BCUT2D eigenvalue weighted by atomic mass is 10.1. The van der Waals surface area contributed by atoms with Gasteiger partial charge in [0, 0.05) is 6.54 Å². The van der Waals surface area contributed by atoms with E-state index in [9.17, 15) is 25.4 Å². The monoisotopic (exact) mass is 402 g/mol. The first kappa shape index (κ1) is 19.1. The fraction of sp³-hybridized carbons (Fsp3) is 0.353. The highest BCUT2D eigenvalue weighted by Gasteiger charge is 2.44. The number of anilines is 1. The van der Waals surface area contributed by atoms with Gasteiger partial charge in [0.05, 0.1) is 6.61 Å². The fourth-order valence-corrected chi connectivity index (χ4v) is 3.19. The van der Waals surface area contributed by atoms with Crippen LogP contribution >= 0.6 is 0 Å². The average molecular weight is 402 g/mol. The van der Waals surface area contributed by atoms with Crippen LogP contribution in [-0.4, -0.2) is 64.7 Å². The quantitative estimate of drug-likeness (QED) is 0.324. The third kappa shape index (κ3) is 3.49. The Kier molecular flexibility index (Phi) is 5.07. The van der Waals surface area contributed by atoms with Gasteiger partial charge in [-0.25, -0.2) is 4.98 Å². The van der Waals surface area contributed by atoms with E-state index in [0.717, 1.165) is 5.56 Å². The van der Waals surface area contributed by atoms with E-state index in [-0.39, 0.29) is 17.0 Å². The molecule has 4 rings (SSSR count). The zero-order valence-corrected chi connectivity index (χ0v) is 15.0. The molecule has 0 unspecified atom stereocenters. The van der Waals surface area contributed by atoms with Crippen molar-refractivity contribution in [2.45, 2.75) is 31.1 Å². The predicted octanol–water partition coefficient (Wildman–Crippen LogP) is -0.0419. The third-order valence-electron chi connectivity index (χ3n) is 4.67. The molecule has 4 N–H and O–H groups in total. The zero-order valence-electron chi connectivity index (χ0n) is 15.0. The van der Waals surface area contributed by atoms with Gasteiger partial charge in [0.2, 0.25) is 11.5 Å². The number of aliphatic hydroxyl groups is 3. The number of nitrogens with one attached hydrogen (secondary N) is 1. The van der Waals surface area contributed by atoms with Crippen LogP contribution in [0.2, 0.25) is 0 Å². The number of rotatable bonds is 6. The van der Waals surface area contributed by atoms with Gasteiger partial charge < -0.3 is 35.5 Å². The first-order chi connectivity index (χ1) is 14.0. The number of benzene rings is 1. The molecule has 3 heterocycles. The van der Waals surface area contributed by atoms with Gasteiger partial charge in [0.1, 0.15) is 24.6 Å². The van der Waals surface area contributed by atoms with Crippen molar-refractivity contribution >= 4 is 22.9 Å². The second kappa shape index (κ2) is 7.67. The summed E-state index contributed by atoms with van der Waals surface area (Å²) < 4.78 is 6.76. The molecule has 1 fully saturated rings. The second-order valence-electron chi connectivity index (χ2n) is 6.52. The summed E-state index contributed by atoms with van der Waals surface area (Å²) in [5, 5.41) is 43.9. The summed E-state index contributed by atoms with van der Waals surface area (Å²) in [4.78, 5) is 22.6. The molecule has 4 atom stereocenters. The van der Waals surface area contributed by atoms with Crippen LogP contribution in [0.3, 0.4) is 0 Å². The van der Waals surface area contributed by atoms with Crippen molar-refractivity contribution < 1.29 is 25.0 Å². The van der Waals surface area contributed by atoms with Crippen LogP contribution in [-0.2, 0) is 11.3 Å². The number of ether oxygens (including phenoxy) is 1. The summed E-state index contributed by atoms with van der Waals surface area (Å²) in [6.07, 6.45) is -3.53. The van der Waals surface area contributed by atoms with Crippen LogP contribution in [0.4, 0.5) is 11.8 Å². The molecule has 29 heavy (non-hydrogen) atoms. The van der Waals surface area contributed by atoms with E-state index in [0.29, 0.717) is 6.54 Å². The lowest BCUT2D eigenvalue weighted by molar-refractivity contribution is -0.394. The molecule has 12 heteroatoms. The van der Waals surface area contributed by atoms with Gasteiger partial charge in [-0.1, -0.05) is 30.3 Å². The topological polar surface area (TPSA) is 169 Å². The summed E-state index contributed by atoms with van der Waals surface area (Å²) in [6.45, 7) is -0.148. The summed E-state index contributed by atoms with van der Waals surface area (Å²) in [5.41, 5.74) is 1.23. The number of aromatic nitrogens is 4. The van der Waals surface area contributed by atoms with Crippen LogP contribution in [0.1, 0.15) is 11.8 Å². The first-order valence-electron chi connectivity index (χ1n) is 8.79. The van der Waals surface area contributed by atoms with Crippen LogP contribution in [0, 0.1) is 10.1 Å². The molecular formula is C17H18N6O6. The predicted molar refractivity (Wildman–Crippen MR) is 98.8 cm³/mol. The Morgan fingerprint density at radius 2 is 1.97 bits per heavy atom. The fourth-order valence-electron chi connectivity index (χ4n) is 3.19. The largest absolute Gasteiger partial charge is 0.473 e. The number of imidazole rings is 1. The van der Waals surface area contributed by atoms with Crippen LogP contribution in [0.25, 0.3) is 11.2 Å². The highest BCUT2D eigenvalue weighted by Crippen LogP contribution is 2.33. The number of hydrogen-bond acceptors (Lipinski definition) is 10. The van der Waals surface area contributed by atoms with Crippen LogP contribution in [0.15, 0.2) is 36.7 Å². The van der Waals surface area contributed by atoms with Gasteiger partial charge in [0.15, 0.2) is 11.7 Å². The van der Waals surface area contributed by atoms with Crippen molar-refractivity contribution in [3.05, 3.63) is 52.3 Å². The van der Waals surface area contributed by atoms with E-state index < -0.39 is 42.0 Å². The van der Waals surface area contributed by atoms with E-state index in [1.54, 1.807) is 0 Å². The zero-order chi connectivity index (χ0) is 20.5. The molecule has 12 nitrogen and oxygen atoms in total. The first-order valence-corrected chi connectivity index (χ1v) is 8.79. The van der Waals surface area contributed by atoms with Gasteiger partial charge in [-0.3, -0.25) is 4.57 Å². The molecule has 2 aromatic heterocycles. The minimum absolute atomic E-state index is 0.0529. The van der Waals surface area contributed by atoms with Gasteiger partial charge in [0.25, 0.3) is 0 Å². The van der Waals surface area contributed by atoms with Crippen molar-refractivity contribution in [3.8, 4) is 0 Å². The Morgan fingerprint density at radius 1 is 1.21 bits per heavy atom. The number of aliphatic hydroxyl groups excluding tert-OH is 3. The number of hydrogen-bond donors (Lipinski definition) is 4. The molecule has 0 amide bonds. The minimum atomic E-state index is -1.38. The Balaban J connectivity index is 1.73. The van der Waals surface area contributed by atoms with E-state index in [1.165, 1.54) is 10.9 Å². The minimum Gasteiger partial charge on any atom is -0.394 e. The van der Waals surface area contributed by atoms with Gasteiger partial charge in [-0.05, 0) is 20.5 Å². The maximum Gasteiger partial charge on any atom is 0.473 e. The van der Waals surface area contributed by atoms with E-state index in [1.807, 2.05) is 30.3 Å². The van der Waals surface area contributed by atoms with E-state index >= 15 is 0 Å². The lowest BCUT2D eigenvalue weighted by Crippen LogP contribution is -2.33. The standard InChI is InChI=1S/C17H18N6O6/c24-7-10-12(25)13(26)16(29-10)22-8-19-11-14(18-6-9-4-2-1-3-5-9)20-17(23(27)28)21-15(11)22/h1-5,8,10,12-13,16,24-26H,6-7H2,(H,18,20,21)/t10-,12-,13-,16-/m1/s1. The molecule has 1 aliphatic heterocycles. The molecule has 1 saturated heterocycles. The van der Waals surface area contributed by atoms with Crippen LogP contribution < -0.4 is 5.32 Å². The van der Waals surface area contributed by atoms with Crippen molar-refractivity contribution in [1.29, 1.82) is 0 Å². The smallest absolute Gasteiger partial charge is 0.394 e. The molecule has 3 aromatic rings. The van der Waals surface area contributed by atoms with Crippen molar-refractivity contribution in [1.82, 2.24) is 19.5 Å². The average Bonchev–Trinajstić information content (AvgIpc) is 3.28. The molecule has 1 aromatic carbocycles. The maximum atomic E-state index is 11.3. The normalized spacial score (nSPS) is 24.1. The van der Waals surface area contributed by atoms with Gasteiger partial charge in [-0.15, -0.1) is 0 Å². The lowest BCUT2D eigenvalue weighted by Gasteiger charge is -2.15. The third-order valence-corrected chi connectivity index (χ3v) is 4.67. The van der Waals surface area contributed by atoms with Crippen molar-refractivity contribution in [3.63, 3.8) is 0 Å².